The molecule has 0 aliphatic rings. The van der Waals surface area contributed by atoms with Crippen molar-refractivity contribution in [2.75, 3.05) is 12.8 Å². The number of carbonyl (C=O) groups is 1. The van der Waals surface area contributed by atoms with Crippen molar-refractivity contribution in [3.63, 3.8) is 0 Å². The van der Waals surface area contributed by atoms with E-state index in [9.17, 15) is 4.79 Å². The molecule has 0 aliphatic carbocycles. The Morgan fingerprint density at radius 2 is 2.17 bits per heavy atom. The van der Waals surface area contributed by atoms with Crippen molar-refractivity contribution < 1.29 is 14.1 Å². The zero-order valence-corrected chi connectivity index (χ0v) is 9.71. The average Bonchev–Trinajstić information content (AvgIpc) is 2.86. The summed E-state index contributed by atoms with van der Waals surface area (Å²) in [5.74, 6) is 0.431. The molecule has 1 heterocycles. The molecule has 0 saturated heterocycles. The van der Waals surface area contributed by atoms with Gasteiger partial charge in [-0.3, -0.25) is 4.79 Å². The monoisotopic (exact) mass is 248 g/mol. The highest BCUT2D eigenvalue weighted by Crippen LogP contribution is 2.14. The zero-order valence-electron chi connectivity index (χ0n) is 9.71. The number of rotatable bonds is 4. The van der Waals surface area contributed by atoms with Crippen LogP contribution >= 0.6 is 0 Å². The molecule has 0 radical (unpaired) electrons. The van der Waals surface area contributed by atoms with Crippen molar-refractivity contribution in [1.29, 1.82) is 0 Å². The van der Waals surface area contributed by atoms with Gasteiger partial charge in [0.25, 0.3) is 17.6 Å². The van der Waals surface area contributed by atoms with Crippen molar-refractivity contribution in [2.45, 2.75) is 6.61 Å². The molecule has 94 valence electrons. The summed E-state index contributed by atoms with van der Waals surface area (Å²) in [7, 11) is 1.49. The first kappa shape index (κ1) is 11.9. The van der Waals surface area contributed by atoms with Crippen LogP contribution < -0.4 is 15.8 Å². The summed E-state index contributed by atoms with van der Waals surface area (Å²) in [5, 5.41) is 5.91. The van der Waals surface area contributed by atoms with Crippen LogP contribution in [0, 0.1) is 0 Å². The lowest BCUT2D eigenvalue weighted by Gasteiger charge is -2.02. The molecule has 0 fully saturated rings. The fraction of sp³-hybridized carbons (Fsp3) is 0.182. The van der Waals surface area contributed by atoms with Crippen LogP contribution in [-0.4, -0.2) is 23.1 Å². The number of nitrogens with zero attached hydrogens (tertiary/aromatic N) is 2. The van der Waals surface area contributed by atoms with E-state index in [4.69, 9.17) is 15.0 Å². The number of nitrogens with one attached hydrogen (secondary N) is 1. The Labute approximate surface area is 103 Å². The van der Waals surface area contributed by atoms with Crippen LogP contribution in [-0.2, 0) is 6.61 Å². The van der Waals surface area contributed by atoms with Crippen LogP contribution in [0.25, 0.3) is 0 Å². The molecule has 7 heteroatoms. The third-order valence-corrected chi connectivity index (χ3v) is 2.14. The summed E-state index contributed by atoms with van der Waals surface area (Å²) in [4.78, 5) is 15.1. The summed E-state index contributed by atoms with van der Waals surface area (Å²) < 4.78 is 10.3. The van der Waals surface area contributed by atoms with Crippen LogP contribution in [0.1, 0.15) is 16.5 Å². The van der Waals surface area contributed by atoms with Gasteiger partial charge in [-0.1, -0.05) is 5.16 Å². The third kappa shape index (κ3) is 2.76. The SMILES string of the molecule is CNC(=O)c1noc(COc2ccc(N)cc2)n1. The van der Waals surface area contributed by atoms with E-state index < -0.39 is 5.91 Å². The minimum absolute atomic E-state index is 0.0200. The number of nitrogens with two attached hydrogens (primary N) is 1. The lowest BCUT2D eigenvalue weighted by molar-refractivity contribution is 0.0950. The number of aromatic nitrogens is 2. The van der Waals surface area contributed by atoms with Crippen molar-refractivity contribution in [3.05, 3.63) is 36.0 Å². The Morgan fingerprint density at radius 3 is 2.83 bits per heavy atom. The minimum Gasteiger partial charge on any atom is -0.484 e. The Kier molecular flexibility index (Phi) is 3.42. The van der Waals surface area contributed by atoms with E-state index in [-0.39, 0.29) is 18.3 Å². The molecule has 1 aromatic carbocycles. The van der Waals surface area contributed by atoms with Gasteiger partial charge in [-0.2, -0.15) is 4.98 Å². The first-order valence-electron chi connectivity index (χ1n) is 5.22. The van der Waals surface area contributed by atoms with Crippen molar-refractivity contribution in [2.24, 2.45) is 0 Å². The number of nitrogen functional groups attached to an aromatic ring is 1. The fourth-order valence-electron chi connectivity index (χ4n) is 1.23. The Bertz CT molecular complexity index is 535. The second kappa shape index (κ2) is 5.17. The number of amides is 1. The molecule has 1 amide bonds. The van der Waals surface area contributed by atoms with Crippen LogP contribution in [0.2, 0.25) is 0 Å². The average molecular weight is 248 g/mol. The van der Waals surface area contributed by atoms with Gasteiger partial charge in [-0.25, -0.2) is 0 Å². The number of benzene rings is 1. The molecule has 2 rings (SSSR count). The van der Waals surface area contributed by atoms with Crippen LogP contribution in [0.5, 0.6) is 5.75 Å². The molecule has 0 bridgehead atoms. The van der Waals surface area contributed by atoms with Gasteiger partial charge < -0.3 is 20.3 Å². The highest BCUT2D eigenvalue weighted by molar-refractivity contribution is 5.89. The lowest BCUT2D eigenvalue weighted by atomic mass is 10.3. The zero-order chi connectivity index (χ0) is 13.0. The number of hydrogen-bond donors (Lipinski definition) is 2. The van der Waals surface area contributed by atoms with Crippen molar-refractivity contribution in [1.82, 2.24) is 15.5 Å². The summed E-state index contributed by atoms with van der Waals surface area (Å²) >= 11 is 0. The predicted octanol–water partition coefficient (Wildman–Crippen LogP) is 0.590. The Morgan fingerprint density at radius 1 is 1.44 bits per heavy atom. The van der Waals surface area contributed by atoms with Gasteiger partial charge in [0.15, 0.2) is 6.61 Å². The van der Waals surface area contributed by atoms with Gasteiger partial charge in [-0.05, 0) is 24.3 Å². The van der Waals surface area contributed by atoms with E-state index in [2.05, 4.69) is 15.5 Å². The van der Waals surface area contributed by atoms with Gasteiger partial charge in [0, 0.05) is 12.7 Å². The maximum Gasteiger partial charge on any atom is 0.292 e. The van der Waals surface area contributed by atoms with Crippen LogP contribution in [0.15, 0.2) is 28.8 Å². The summed E-state index contributed by atoms with van der Waals surface area (Å²) in [5.41, 5.74) is 6.20. The quantitative estimate of drug-likeness (QED) is 0.767. The molecule has 0 atom stereocenters. The molecule has 2 aromatic rings. The van der Waals surface area contributed by atoms with E-state index in [1.807, 2.05) is 0 Å². The van der Waals surface area contributed by atoms with E-state index >= 15 is 0 Å². The minimum atomic E-state index is -0.405. The number of ether oxygens (including phenoxy) is 1. The lowest BCUT2D eigenvalue weighted by Crippen LogP contribution is -2.19. The molecular formula is C11H12N4O3. The van der Waals surface area contributed by atoms with E-state index in [1.54, 1.807) is 24.3 Å². The van der Waals surface area contributed by atoms with Gasteiger partial charge >= 0.3 is 0 Å². The molecule has 18 heavy (non-hydrogen) atoms. The second-order valence-corrected chi connectivity index (χ2v) is 3.45. The maximum atomic E-state index is 11.2. The smallest absolute Gasteiger partial charge is 0.292 e. The van der Waals surface area contributed by atoms with Crippen LogP contribution in [0.4, 0.5) is 5.69 Å². The van der Waals surface area contributed by atoms with E-state index in [0.717, 1.165) is 0 Å². The Balaban J connectivity index is 1.96. The number of carbonyl (C=O) groups excluding carboxylic acids is 1. The molecule has 3 N–H and O–H groups in total. The largest absolute Gasteiger partial charge is 0.484 e. The standard InChI is InChI=1S/C11H12N4O3/c1-13-11(16)10-14-9(18-15-10)6-17-8-4-2-7(12)3-5-8/h2-5H,6,12H2,1H3,(H,13,16). The summed E-state index contributed by atoms with van der Waals surface area (Å²) in [6.07, 6.45) is 0. The molecular weight excluding hydrogens is 236 g/mol. The van der Waals surface area contributed by atoms with Crippen LogP contribution in [0.3, 0.4) is 0 Å². The number of hydrogen-bond acceptors (Lipinski definition) is 6. The van der Waals surface area contributed by atoms with Gasteiger partial charge in [0.2, 0.25) is 0 Å². The first-order valence-corrected chi connectivity index (χ1v) is 5.22. The topological polar surface area (TPSA) is 103 Å². The normalized spacial score (nSPS) is 10.1. The van der Waals surface area contributed by atoms with E-state index in [1.165, 1.54) is 7.05 Å². The van der Waals surface area contributed by atoms with Crippen molar-refractivity contribution in [3.8, 4) is 5.75 Å². The molecule has 0 aliphatic heterocycles. The first-order chi connectivity index (χ1) is 8.69. The van der Waals surface area contributed by atoms with Gasteiger partial charge in [0.1, 0.15) is 5.75 Å². The third-order valence-electron chi connectivity index (χ3n) is 2.14. The molecule has 1 aromatic heterocycles. The second-order valence-electron chi connectivity index (χ2n) is 3.45. The Hall–Kier alpha value is -2.57. The van der Waals surface area contributed by atoms with Crippen molar-refractivity contribution >= 4 is 11.6 Å². The molecule has 7 nitrogen and oxygen atoms in total. The number of anilines is 1. The fourth-order valence-corrected chi connectivity index (χ4v) is 1.23. The highest BCUT2D eigenvalue weighted by Gasteiger charge is 2.12. The summed E-state index contributed by atoms with van der Waals surface area (Å²) in [6, 6.07) is 6.90. The predicted molar refractivity (Wildman–Crippen MR) is 62.9 cm³/mol. The van der Waals surface area contributed by atoms with Gasteiger partial charge in [-0.15, -0.1) is 0 Å². The van der Waals surface area contributed by atoms with Gasteiger partial charge in [0.05, 0.1) is 0 Å². The summed E-state index contributed by atoms with van der Waals surface area (Å²) in [6.45, 7) is 0.0912. The molecule has 0 saturated carbocycles. The molecule has 0 spiro atoms. The van der Waals surface area contributed by atoms with E-state index in [0.29, 0.717) is 11.4 Å². The maximum absolute atomic E-state index is 11.2. The highest BCUT2D eigenvalue weighted by atomic mass is 16.5. The molecule has 0 unspecified atom stereocenters.